The summed E-state index contributed by atoms with van der Waals surface area (Å²) in [6, 6.07) is 8.83. The average Bonchev–Trinajstić information content (AvgIpc) is 3.93. The smallest absolute Gasteiger partial charge is 0.318 e. The first kappa shape index (κ1) is 34.9. The van der Waals surface area contributed by atoms with Crippen LogP contribution in [0, 0.1) is 5.82 Å². The second-order valence-corrected chi connectivity index (χ2v) is 16.7. The number of likely N-dealkylation sites (tertiary alicyclic amines) is 1. The molecule has 2 N–H and O–H groups in total. The molecule has 1 amide bonds. The van der Waals surface area contributed by atoms with Gasteiger partial charge in [-0.3, -0.25) is 14.4 Å². The van der Waals surface area contributed by atoms with Crippen LogP contribution in [0.3, 0.4) is 0 Å². The molecule has 12 nitrogen and oxygen atoms in total. The van der Waals surface area contributed by atoms with Crippen LogP contribution in [0.2, 0.25) is 0 Å². The van der Waals surface area contributed by atoms with Crippen molar-refractivity contribution in [3.05, 3.63) is 64.4 Å². The number of halogens is 2. The molecule has 1 unspecified atom stereocenters. The van der Waals surface area contributed by atoms with Gasteiger partial charge in [-0.1, -0.05) is 13.0 Å². The second-order valence-electron chi connectivity index (χ2n) is 16.7. The number of phenols is 1. The Morgan fingerprint density at radius 2 is 1.93 bits per heavy atom. The quantitative estimate of drug-likeness (QED) is 0.275. The van der Waals surface area contributed by atoms with Gasteiger partial charge < -0.3 is 29.9 Å². The number of ether oxygens (including phenoxy) is 1. The molecule has 0 radical (unpaired) electrons. The fourth-order valence-corrected chi connectivity index (χ4v) is 10.4. The second kappa shape index (κ2) is 13.3. The van der Waals surface area contributed by atoms with Gasteiger partial charge in [0.25, 0.3) is 5.91 Å². The van der Waals surface area contributed by atoms with Crippen LogP contribution >= 0.6 is 0 Å². The normalized spacial score (nSPS) is 26.3. The van der Waals surface area contributed by atoms with Gasteiger partial charge in [0, 0.05) is 73.9 Å². The van der Waals surface area contributed by atoms with Gasteiger partial charge in [0.1, 0.15) is 30.2 Å². The molecule has 6 aliphatic heterocycles. The Bertz CT molecular complexity index is 2170. The van der Waals surface area contributed by atoms with Crippen molar-refractivity contribution in [3.63, 3.8) is 0 Å². The molecule has 10 rings (SSSR count). The molecule has 8 heterocycles. The predicted octanol–water partition coefficient (Wildman–Crippen LogP) is 4.74. The molecule has 0 saturated carbocycles. The number of anilines is 2. The van der Waals surface area contributed by atoms with Crippen molar-refractivity contribution in [1.82, 2.24) is 34.9 Å². The Balaban J connectivity index is 0.984. The van der Waals surface area contributed by atoms with Crippen molar-refractivity contribution in [3.8, 4) is 11.8 Å². The molecule has 4 fully saturated rings. The third kappa shape index (κ3) is 5.98. The first-order chi connectivity index (χ1) is 26.7. The Morgan fingerprint density at radius 3 is 2.75 bits per heavy atom. The van der Waals surface area contributed by atoms with Gasteiger partial charge in [0.05, 0.1) is 30.0 Å². The summed E-state index contributed by atoms with van der Waals surface area (Å²) >= 11 is 0. The third-order valence-electron chi connectivity index (χ3n) is 13.4. The van der Waals surface area contributed by atoms with Gasteiger partial charge in [0.2, 0.25) is 0 Å². The number of phenolic OH excluding ortho intramolecular Hbond substituents is 1. The van der Waals surface area contributed by atoms with E-state index in [1.165, 1.54) is 6.07 Å². The Labute approximate surface area is 319 Å². The van der Waals surface area contributed by atoms with E-state index in [0.717, 1.165) is 104 Å². The number of hydrogen-bond acceptors (Lipinski definition) is 10. The van der Waals surface area contributed by atoms with E-state index in [1.807, 2.05) is 22.6 Å². The molecular weight excluding hydrogens is 705 g/mol. The minimum absolute atomic E-state index is 0.0127. The van der Waals surface area contributed by atoms with Crippen molar-refractivity contribution in [2.75, 3.05) is 62.2 Å². The summed E-state index contributed by atoms with van der Waals surface area (Å²) in [5.41, 5.74) is 4.41. The van der Waals surface area contributed by atoms with E-state index in [0.29, 0.717) is 69.9 Å². The van der Waals surface area contributed by atoms with E-state index < -0.39 is 6.17 Å². The van der Waals surface area contributed by atoms with Crippen LogP contribution in [0.1, 0.15) is 78.5 Å². The number of benzene rings is 2. The summed E-state index contributed by atoms with van der Waals surface area (Å²) in [4.78, 5) is 32.4. The lowest BCUT2D eigenvalue weighted by Crippen LogP contribution is -2.58. The van der Waals surface area contributed by atoms with Crippen LogP contribution in [0.15, 0.2) is 30.3 Å². The van der Waals surface area contributed by atoms with E-state index in [-0.39, 0.29) is 34.6 Å². The van der Waals surface area contributed by atoms with Crippen molar-refractivity contribution in [1.29, 1.82) is 0 Å². The van der Waals surface area contributed by atoms with Crippen LogP contribution in [0.4, 0.5) is 20.3 Å². The van der Waals surface area contributed by atoms with Crippen LogP contribution < -0.4 is 19.9 Å². The molecule has 3 atom stereocenters. The summed E-state index contributed by atoms with van der Waals surface area (Å²) in [6.07, 6.45) is 5.53. The highest BCUT2D eigenvalue weighted by Crippen LogP contribution is 2.42. The van der Waals surface area contributed by atoms with Gasteiger partial charge in [-0.25, -0.2) is 8.78 Å². The fourth-order valence-electron chi connectivity index (χ4n) is 10.4. The van der Waals surface area contributed by atoms with Gasteiger partial charge in [-0.05, 0) is 87.2 Å². The average molecular weight is 754 g/mol. The number of rotatable bonds is 7. The van der Waals surface area contributed by atoms with E-state index >= 15 is 4.39 Å². The molecule has 14 heteroatoms. The first-order valence-electron chi connectivity index (χ1n) is 20.2. The maximum absolute atomic E-state index is 15.2. The summed E-state index contributed by atoms with van der Waals surface area (Å²) < 4.78 is 38.4. The lowest BCUT2D eigenvalue weighted by molar-refractivity contribution is 0.0759. The molecule has 0 bridgehead atoms. The van der Waals surface area contributed by atoms with E-state index in [9.17, 15) is 14.3 Å². The van der Waals surface area contributed by atoms with E-state index in [4.69, 9.17) is 19.8 Å². The van der Waals surface area contributed by atoms with Gasteiger partial charge >= 0.3 is 6.01 Å². The lowest BCUT2D eigenvalue weighted by Gasteiger charge is -2.39. The first-order valence-corrected chi connectivity index (χ1v) is 20.2. The molecule has 6 aliphatic rings. The molecular formula is C41H49F2N9O3. The Kier molecular flexibility index (Phi) is 8.43. The number of nitrogens with zero attached hydrogens (tertiary/aromatic N) is 8. The largest absolute Gasteiger partial charge is 0.508 e. The molecule has 2 aromatic heterocycles. The van der Waals surface area contributed by atoms with Crippen LogP contribution in [0.5, 0.6) is 11.8 Å². The zero-order chi connectivity index (χ0) is 37.5. The van der Waals surface area contributed by atoms with Gasteiger partial charge in [-0.15, -0.1) is 0 Å². The predicted molar refractivity (Wildman–Crippen MR) is 204 cm³/mol. The number of carbonyl (C=O) groups is 1. The van der Waals surface area contributed by atoms with E-state index in [2.05, 4.69) is 20.0 Å². The highest BCUT2D eigenvalue weighted by atomic mass is 19.1. The van der Waals surface area contributed by atoms with Crippen molar-refractivity contribution >= 4 is 28.2 Å². The molecule has 2 aromatic carbocycles. The molecule has 1 spiro atoms. The number of alkyl halides is 1. The fraction of sp³-hybridized carbons (Fsp3) is 0.561. The standard InChI is InChI=1S/C41H49F2N9O3/c1-2-30-32(43)6-5-26-17-29(53)19-35(36(26)30)48-15-7-31-34(23-48)45-39(55-25-41-8-3-13-51(41)21-27(42)20-41)46-37(31)49-12-4-14-52-28(22-49)18-33(47-52)38(54)50-16-10-40(24-50)9-11-44-40/h5-6,17-19,27,44,53H,2-4,7-16,20-25H2,1H3/t27-,40?,41+/m1/s1. The number of carbonyl (C=O) groups excluding carboxylic acids is 1. The van der Waals surface area contributed by atoms with Crippen LogP contribution in [-0.2, 0) is 32.5 Å². The minimum Gasteiger partial charge on any atom is -0.508 e. The van der Waals surface area contributed by atoms with Crippen LogP contribution in [0.25, 0.3) is 10.8 Å². The molecule has 290 valence electrons. The lowest BCUT2D eigenvalue weighted by atomic mass is 9.87. The highest BCUT2D eigenvalue weighted by Gasteiger charge is 2.49. The number of hydrogen-bond donors (Lipinski definition) is 2. The number of amides is 1. The number of fused-ring (bicyclic) bond motifs is 4. The monoisotopic (exact) mass is 753 g/mol. The number of nitrogens with one attached hydrogen (secondary N) is 1. The highest BCUT2D eigenvalue weighted by molar-refractivity contribution is 5.98. The number of aryl methyl sites for hydroxylation is 2. The summed E-state index contributed by atoms with van der Waals surface area (Å²) in [5.74, 6) is 0.658. The Hall–Kier alpha value is -4.56. The van der Waals surface area contributed by atoms with Gasteiger partial charge in [0.15, 0.2) is 5.69 Å². The zero-order valence-electron chi connectivity index (χ0n) is 31.5. The van der Waals surface area contributed by atoms with Crippen molar-refractivity contribution in [2.45, 2.75) is 95.2 Å². The molecule has 55 heavy (non-hydrogen) atoms. The Morgan fingerprint density at radius 1 is 1.04 bits per heavy atom. The molecule has 4 aromatic rings. The van der Waals surface area contributed by atoms with Gasteiger partial charge in [-0.2, -0.15) is 15.1 Å². The number of aromatic nitrogens is 4. The zero-order valence-corrected chi connectivity index (χ0v) is 31.5. The summed E-state index contributed by atoms with van der Waals surface area (Å²) in [5, 5.41) is 20.7. The summed E-state index contributed by atoms with van der Waals surface area (Å²) in [7, 11) is 0. The SMILES string of the molecule is CCc1c(F)ccc2cc(O)cc(N3CCc4c(nc(OC[C@@]56CCCN5C[C@H](F)C6)nc4N4CCCn5nc(C(=O)N6CCC7(CCN7)C6)cc5C4)C3)c12. The summed E-state index contributed by atoms with van der Waals surface area (Å²) in [6.45, 7) is 9.04. The maximum Gasteiger partial charge on any atom is 0.318 e. The third-order valence-corrected chi connectivity index (χ3v) is 13.4. The molecule has 0 aliphatic carbocycles. The maximum atomic E-state index is 15.2. The minimum atomic E-state index is -0.868. The topological polar surface area (TPSA) is 115 Å². The van der Waals surface area contributed by atoms with Crippen molar-refractivity contribution in [2.24, 2.45) is 0 Å². The van der Waals surface area contributed by atoms with Crippen molar-refractivity contribution < 1.29 is 23.4 Å². The molecule has 4 saturated heterocycles. The van der Waals surface area contributed by atoms with E-state index in [1.54, 1.807) is 18.2 Å². The number of aromatic hydroxyl groups is 1. The van der Waals surface area contributed by atoms with Crippen LogP contribution in [-0.4, -0.2) is 110 Å².